The molecule has 3 rings (SSSR count). The van der Waals surface area contributed by atoms with Gasteiger partial charge in [0.25, 0.3) is 0 Å². The fourth-order valence-electron chi connectivity index (χ4n) is 3.02. The number of nitrogens with zero attached hydrogens (tertiary/aromatic N) is 4. The van der Waals surface area contributed by atoms with Gasteiger partial charge in [-0.25, -0.2) is 4.98 Å². The zero-order valence-corrected chi connectivity index (χ0v) is 16.3. The van der Waals surface area contributed by atoms with E-state index >= 15 is 0 Å². The fourth-order valence-corrected chi connectivity index (χ4v) is 3.32. The standard InChI is InChI=1S/C18H22F3N5OS/c1-24-10-7-22-16(24)13-25-8-2-9-26(12-11-25)17(28)23-14-3-5-15(6-4-14)27-18(19,20)21/h3-7,10H,2,8-9,11-13H2,1H3,(H,23,28). The van der Waals surface area contributed by atoms with Gasteiger partial charge in [-0.2, -0.15) is 0 Å². The second-order valence-electron chi connectivity index (χ2n) is 6.57. The normalized spacial score (nSPS) is 15.9. The Kier molecular flexibility index (Phi) is 6.40. The third-order valence-electron chi connectivity index (χ3n) is 4.50. The topological polar surface area (TPSA) is 45.6 Å². The summed E-state index contributed by atoms with van der Waals surface area (Å²) >= 11 is 5.48. The van der Waals surface area contributed by atoms with Gasteiger partial charge >= 0.3 is 6.36 Å². The largest absolute Gasteiger partial charge is 0.573 e. The molecule has 0 aliphatic carbocycles. The number of aryl methyl sites for hydroxylation is 1. The van der Waals surface area contributed by atoms with Gasteiger partial charge in [0, 0.05) is 51.3 Å². The smallest absolute Gasteiger partial charge is 0.406 e. The van der Waals surface area contributed by atoms with Crippen LogP contribution in [0.4, 0.5) is 18.9 Å². The van der Waals surface area contributed by atoms with E-state index in [-0.39, 0.29) is 5.75 Å². The predicted octanol–water partition coefficient (Wildman–Crippen LogP) is 3.22. The number of thiocarbonyl (C=S) groups is 1. The average Bonchev–Trinajstić information content (AvgIpc) is 2.88. The molecule has 0 saturated carbocycles. The van der Waals surface area contributed by atoms with Crippen molar-refractivity contribution in [2.75, 3.05) is 31.5 Å². The molecule has 10 heteroatoms. The Hall–Kier alpha value is -2.33. The van der Waals surface area contributed by atoms with Crippen molar-refractivity contribution in [1.29, 1.82) is 0 Å². The summed E-state index contributed by atoms with van der Waals surface area (Å²) in [7, 11) is 1.98. The van der Waals surface area contributed by atoms with Gasteiger partial charge in [-0.15, -0.1) is 13.2 Å². The Bertz CT molecular complexity index is 793. The first-order valence-corrected chi connectivity index (χ1v) is 9.31. The lowest BCUT2D eigenvalue weighted by atomic mass is 10.3. The van der Waals surface area contributed by atoms with Crippen molar-refractivity contribution in [2.24, 2.45) is 7.05 Å². The van der Waals surface area contributed by atoms with Crippen LogP contribution in [-0.4, -0.2) is 57.0 Å². The Morgan fingerprint density at radius 2 is 1.93 bits per heavy atom. The Labute approximate surface area is 166 Å². The van der Waals surface area contributed by atoms with E-state index in [0.29, 0.717) is 10.8 Å². The first kappa shape index (κ1) is 20.4. The van der Waals surface area contributed by atoms with Crippen LogP contribution in [-0.2, 0) is 13.6 Å². The van der Waals surface area contributed by atoms with Crippen LogP contribution in [0.2, 0.25) is 0 Å². The molecule has 1 aliphatic heterocycles. The number of benzene rings is 1. The highest BCUT2D eigenvalue weighted by molar-refractivity contribution is 7.80. The fraction of sp³-hybridized carbons (Fsp3) is 0.444. The molecule has 1 aliphatic rings. The van der Waals surface area contributed by atoms with Gasteiger partial charge in [0.2, 0.25) is 0 Å². The molecule has 2 heterocycles. The molecule has 1 aromatic carbocycles. The average molecular weight is 413 g/mol. The first-order valence-electron chi connectivity index (χ1n) is 8.90. The molecule has 0 bridgehead atoms. The van der Waals surface area contributed by atoms with Crippen LogP contribution < -0.4 is 10.1 Å². The Balaban J connectivity index is 1.51. The van der Waals surface area contributed by atoms with Crippen LogP contribution >= 0.6 is 12.2 Å². The van der Waals surface area contributed by atoms with Gasteiger partial charge in [0.1, 0.15) is 11.6 Å². The molecule has 28 heavy (non-hydrogen) atoms. The number of rotatable bonds is 4. The van der Waals surface area contributed by atoms with E-state index in [1.54, 1.807) is 6.20 Å². The van der Waals surface area contributed by atoms with Crippen molar-refractivity contribution in [2.45, 2.75) is 19.3 Å². The van der Waals surface area contributed by atoms with Gasteiger partial charge < -0.3 is 19.5 Å². The summed E-state index contributed by atoms with van der Waals surface area (Å²) in [5.41, 5.74) is 0.619. The van der Waals surface area contributed by atoms with Gasteiger partial charge in [0.05, 0.1) is 6.54 Å². The minimum absolute atomic E-state index is 0.260. The van der Waals surface area contributed by atoms with E-state index in [2.05, 4.69) is 24.8 Å². The van der Waals surface area contributed by atoms with E-state index in [1.807, 2.05) is 17.8 Å². The molecular weight excluding hydrogens is 391 g/mol. The molecule has 1 aromatic heterocycles. The van der Waals surface area contributed by atoms with Gasteiger partial charge in [-0.05, 0) is 42.9 Å². The number of anilines is 1. The second kappa shape index (κ2) is 8.78. The Morgan fingerprint density at radius 1 is 1.18 bits per heavy atom. The number of aromatic nitrogens is 2. The van der Waals surface area contributed by atoms with Crippen LogP contribution in [0.25, 0.3) is 0 Å². The quantitative estimate of drug-likeness (QED) is 0.777. The SMILES string of the molecule is Cn1ccnc1CN1CCCN(C(=S)Nc2ccc(OC(F)(F)F)cc2)CC1. The molecule has 152 valence electrons. The van der Waals surface area contributed by atoms with E-state index in [1.165, 1.54) is 24.3 Å². The number of ether oxygens (including phenoxy) is 1. The highest BCUT2D eigenvalue weighted by atomic mass is 32.1. The number of nitrogens with one attached hydrogen (secondary N) is 1. The van der Waals surface area contributed by atoms with Crippen molar-refractivity contribution in [3.8, 4) is 5.75 Å². The molecule has 6 nitrogen and oxygen atoms in total. The summed E-state index contributed by atoms with van der Waals surface area (Å²) in [6, 6.07) is 5.54. The van der Waals surface area contributed by atoms with Crippen LogP contribution in [0.5, 0.6) is 5.75 Å². The second-order valence-corrected chi connectivity index (χ2v) is 6.96. The summed E-state index contributed by atoms with van der Waals surface area (Å²) in [4.78, 5) is 8.79. The molecule has 2 aromatic rings. The minimum Gasteiger partial charge on any atom is -0.406 e. The van der Waals surface area contributed by atoms with E-state index in [0.717, 1.165) is 45.0 Å². The van der Waals surface area contributed by atoms with Crippen LogP contribution in [0.1, 0.15) is 12.2 Å². The van der Waals surface area contributed by atoms with E-state index < -0.39 is 6.36 Å². The lowest BCUT2D eigenvalue weighted by Gasteiger charge is -2.24. The van der Waals surface area contributed by atoms with Crippen molar-refractivity contribution in [1.82, 2.24) is 19.4 Å². The monoisotopic (exact) mass is 413 g/mol. The molecule has 1 fully saturated rings. The van der Waals surface area contributed by atoms with Gasteiger partial charge in [0.15, 0.2) is 5.11 Å². The van der Waals surface area contributed by atoms with Gasteiger partial charge in [-0.1, -0.05) is 0 Å². The van der Waals surface area contributed by atoms with Crippen LogP contribution in [0.3, 0.4) is 0 Å². The number of hydrogen-bond donors (Lipinski definition) is 1. The molecule has 0 atom stereocenters. The van der Waals surface area contributed by atoms with Crippen molar-refractivity contribution >= 4 is 23.0 Å². The highest BCUT2D eigenvalue weighted by Crippen LogP contribution is 2.24. The predicted molar refractivity (Wildman–Crippen MR) is 104 cm³/mol. The summed E-state index contributed by atoms with van der Waals surface area (Å²) in [5, 5.41) is 3.64. The van der Waals surface area contributed by atoms with Crippen molar-refractivity contribution < 1.29 is 17.9 Å². The number of alkyl halides is 3. The maximum Gasteiger partial charge on any atom is 0.573 e. The third-order valence-corrected chi connectivity index (χ3v) is 4.86. The highest BCUT2D eigenvalue weighted by Gasteiger charge is 2.31. The maximum atomic E-state index is 12.2. The van der Waals surface area contributed by atoms with E-state index in [9.17, 15) is 13.2 Å². The lowest BCUT2D eigenvalue weighted by Crippen LogP contribution is -2.37. The molecule has 0 amide bonds. The van der Waals surface area contributed by atoms with Crippen LogP contribution in [0, 0.1) is 0 Å². The zero-order valence-electron chi connectivity index (χ0n) is 15.4. The first-order chi connectivity index (χ1) is 13.3. The molecule has 0 unspecified atom stereocenters. The number of hydrogen-bond acceptors (Lipinski definition) is 4. The maximum absolute atomic E-state index is 12.2. The van der Waals surface area contributed by atoms with Gasteiger partial charge in [-0.3, -0.25) is 4.90 Å². The zero-order chi connectivity index (χ0) is 20.1. The number of halogens is 3. The molecular formula is C18H22F3N5OS. The van der Waals surface area contributed by atoms with E-state index in [4.69, 9.17) is 12.2 Å². The summed E-state index contributed by atoms with van der Waals surface area (Å²) < 4.78 is 42.6. The lowest BCUT2D eigenvalue weighted by molar-refractivity contribution is -0.274. The molecule has 1 saturated heterocycles. The van der Waals surface area contributed by atoms with Crippen molar-refractivity contribution in [3.05, 3.63) is 42.5 Å². The van der Waals surface area contributed by atoms with Crippen molar-refractivity contribution in [3.63, 3.8) is 0 Å². The summed E-state index contributed by atoms with van der Waals surface area (Å²) in [6.07, 6.45) is -0.00519. The molecule has 1 N–H and O–H groups in total. The Morgan fingerprint density at radius 3 is 2.57 bits per heavy atom. The van der Waals surface area contributed by atoms with Crippen LogP contribution in [0.15, 0.2) is 36.7 Å². The summed E-state index contributed by atoms with van der Waals surface area (Å²) in [6.45, 7) is 4.18. The molecule has 0 radical (unpaired) electrons. The minimum atomic E-state index is -4.70. The third kappa shape index (κ3) is 5.83. The summed E-state index contributed by atoms with van der Waals surface area (Å²) in [5.74, 6) is 0.763. The number of imidazole rings is 1. The molecule has 0 spiro atoms.